The van der Waals surface area contributed by atoms with Crippen molar-refractivity contribution in [3.63, 3.8) is 0 Å². The molecule has 1 aliphatic rings. The van der Waals surface area contributed by atoms with Gasteiger partial charge in [0.15, 0.2) is 5.82 Å². The Hall–Kier alpha value is -2.48. The molecule has 4 aromatic rings. The highest BCUT2D eigenvalue weighted by Crippen LogP contribution is 2.22. The fourth-order valence-corrected chi connectivity index (χ4v) is 4.11. The van der Waals surface area contributed by atoms with E-state index in [9.17, 15) is 4.79 Å². The smallest absolute Gasteiger partial charge is 0.274 e. The van der Waals surface area contributed by atoms with Crippen LogP contribution in [0.3, 0.4) is 0 Å². The first kappa shape index (κ1) is 17.9. The summed E-state index contributed by atoms with van der Waals surface area (Å²) < 4.78 is 1.41. The number of nitrogens with one attached hydrogen (secondary N) is 1. The molecule has 6 nitrogen and oxygen atoms in total. The Labute approximate surface area is 165 Å². The predicted octanol–water partition coefficient (Wildman–Crippen LogP) is 3.13. The fourth-order valence-electron chi connectivity index (χ4n) is 3.45. The first-order valence-electron chi connectivity index (χ1n) is 8.58. The van der Waals surface area contributed by atoms with Gasteiger partial charge >= 0.3 is 0 Å². The molecule has 0 aliphatic carbocycles. The topological polar surface area (TPSA) is 66.3 Å². The molecule has 3 aromatic heterocycles. The summed E-state index contributed by atoms with van der Waals surface area (Å²) in [5, 5.41) is 5.02. The van der Waals surface area contributed by atoms with E-state index < -0.39 is 0 Å². The third kappa shape index (κ3) is 3.41. The number of thiophene rings is 1. The molecule has 1 aliphatic heterocycles. The van der Waals surface area contributed by atoms with Crippen LogP contribution in [0.1, 0.15) is 16.8 Å². The molecular weight excluding hydrogens is 382 g/mol. The molecule has 0 spiro atoms. The van der Waals surface area contributed by atoms with Gasteiger partial charge in [-0.25, -0.2) is 4.98 Å². The molecule has 0 atom stereocenters. The van der Waals surface area contributed by atoms with Crippen LogP contribution in [0.15, 0.2) is 52.6 Å². The van der Waals surface area contributed by atoms with Gasteiger partial charge < -0.3 is 0 Å². The minimum atomic E-state index is -0.127. The van der Waals surface area contributed by atoms with Gasteiger partial charge in [0.05, 0.1) is 10.6 Å². The first-order chi connectivity index (χ1) is 12.8. The van der Waals surface area contributed by atoms with Crippen molar-refractivity contribution in [2.75, 3.05) is 6.54 Å². The van der Waals surface area contributed by atoms with Crippen molar-refractivity contribution in [2.24, 2.45) is 0 Å². The van der Waals surface area contributed by atoms with Gasteiger partial charge in [0.25, 0.3) is 11.3 Å². The number of hydrogen-bond acceptors (Lipinski definition) is 5. The number of rotatable bonds is 3. The molecule has 5 rings (SSSR count). The second-order valence-corrected chi connectivity index (χ2v) is 7.45. The highest BCUT2D eigenvalue weighted by atomic mass is 35.5. The van der Waals surface area contributed by atoms with Crippen LogP contribution in [0, 0.1) is 0 Å². The van der Waals surface area contributed by atoms with Crippen LogP contribution in [0.4, 0.5) is 0 Å². The second kappa shape index (κ2) is 7.26. The molecule has 0 unspecified atom stereocenters. The van der Waals surface area contributed by atoms with E-state index in [0.717, 1.165) is 30.1 Å². The summed E-state index contributed by atoms with van der Waals surface area (Å²) in [7, 11) is 0. The van der Waals surface area contributed by atoms with E-state index in [4.69, 9.17) is 0 Å². The largest absolute Gasteiger partial charge is 0.293 e. The van der Waals surface area contributed by atoms with Gasteiger partial charge in [-0.2, -0.15) is 9.50 Å². The summed E-state index contributed by atoms with van der Waals surface area (Å²) in [5.74, 6) is 1.10. The van der Waals surface area contributed by atoms with E-state index in [-0.39, 0.29) is 18.0 Å². The number of fused-ring (bicyclic) bond motifs is 2. The molecule has 0 saturated carbocycles. The lowest BCUT2D eigenvalue weighted by Crippen LogP contribution is -2.31. The Morgan fingerprint density at radius 1 is 1.11 bits per heavy atom. The molecule has 1 aromatic carbocycles. The Morgan fingerprint density at radius 2 is 1.96 bits per heavy atom. The monoisotopic (exact) mass is 399 g/mol. The number of aromatic nitrogens is 4. The number of nitrogens with zero attached hydrogens (tertiary/aromatic N) is 4. The van der Waals surface area contributed by atoms with Crippen molar-refractivity contribution in [1.29, 1.82) is 0 Å². The standard InChI is InChI=1S/C19H17N5OS.ClH/c25-17-10-15(12-23-8-7-13-4-1-2-5-14(13)11-23)20-19-21-18(22-24(17)19)16-6-3-9-26-16;/h1-6,9-10H,7-8,11-12H2,(H,20,21,22);1H. The zero-order valence-electron chi connectivity index (χ0n) is 14.5. The second-order valence-electron chi connectivity index (χ2n) is 6.50. The number of aromatic amines is 1. The van der Waals surface area contributed by atoms with Gasteiger partial charge in [-0.05, 0) is 29.0 Å². The quantitative estimate of drug-likeness (QED) is 0.574. The lowest BCUT2D eigenvalue weighted by molar-refractivity contribution is 0.242. The lowest BCUT2D eigenvalue weighted by Gasteiger charge is -2.28. The molecule has 0 fully saturated rings. The summed E-state index contributed by atoms with van der Waals surface area (Å²) >= 11 is 1.58. The van der Waals surface area contributed by atoms with Crippen molar-refractivity contribution in [2.45, 2.75) is 19.5 Å². The van der Waals surface area contributed by atoms with Gasteiger partial charge in [-0.15, -0.1) is 23.7 Å². The average molecular weight is 400 g/mol. The number of benzene rings is 1. The van der Waals surface area contributed by atoms with Gasteiger partial charge in [-0.1, -0.05) is 30.3 Å². The SMILES string of the molecule is Cl.O=c1cc(CN2CCc3ccccc3C2)nc2nc(-c3cccs3)[nH]n12. The molecule has 1 N–H and O–H groups in total. The van der Waals surface area contributed by atoms with Crippen molar-refractivity contribution in [3.05, 3.63) is 75.0 Å². The van der Waals surface area contributed by atoms with Crippen molar-refractivity contribution < 1.29 is 0 Å². The highest BCUT2D eigenvalue weighted by molar-refractivity contribution is 7.13. The fraction of sp³-hybridized carbons (Fsp3) is 0.211. The third-order valence-corrected chi connectivity index (χ3v) is 5.61. The molecule has 8 heteroatoms. The molecular formula is C19H18ClN5OS. The summed E-state index contributed by atoms with van der Waals surface area (Å²) in [6.07, 6.45) is 1.03. The molecule has 0 bridgehead atoms. The van der Waals surface area contributed by atoms with Crippen LogP contribution in [0.25, 0.3) is 16.5 Å². The number of halogens is 1. The van der Waals surface area contributed by atoms with Gasteiger partial charge in [-0.3, -0.25) is 14.8 Å². The van der Waals surface area contributed by atoms with E-state index in [1.165, 1.54) is 15.6 Å². The molecule has 0 amide bonds. The summed E-state index contributed by atoms with van der Waals surface area (Å²) in [5.41, 5.74) is 3.41. The summed E-state index contributed by atoms with van der Waals surface area (Å²) in [6.45, 7) is 2.51. The maximum Gasteiger partial charge on any atom is 0.274 e. The van der Waals surface area contributed by atoms with E-state index >= 15 is 0 Å². The van der Waals surface area contributed by atoms with Gasteiger partial charge in [0, 0.05) is 25.7 Å². The number of hydrogen-bond donors (Lipinski definition) is 1. The van der Waals surface area contributed by atoms with Crippen LogP contribution in [-0.2, 0) is 19.5 Å². The van der Waals surface area contributed by atoms with Crippen molar-refractivity contribution in [3.8, 4) is 10.7 Å². The van der Waals surface area contributed by atoms with Crippen LogP contribution < -0.4 is 5.56 Å². The summed E-state index contributed by atoms with van der Waals surface area (Å²) in [4.78, 5) is 24.9. The molecule has 4 heterocycles. The van der Waals surface area contributed by atoms with Crippen molar-refractivity contribution >= 4 is 29.5 Å². The normalized spacial score (nSPS) is 14.1. The van der Waals surface area contributed by atoms with E-state index in [2.05, 4.69) is 44.2 Å². The third-order valence-electron chi connectivity index (χ3n) is 4.73. The summed E-state index contributed by atoms with van der Waals surface area (Å²) in [6, 6.07) is 14.1. The highest BCUT2D eigenvalue weighted by Gasteiger charge is 2.17. The van der Waals surface area contributed by atoms with E-state index in [0.29, 0.717) is 18.1 Å². The minimum absolute atomic E-state index is 0. The predicted molar refractivity (Wildman–Crippen MR) is 108 cm³/mol. The zero-order valence-corrected chi connectivity index (χ0v) is 16.1. The zero-order chi connectivity index (χ0) is 17.5. The first-order valence-corrected chi connectivity index (χ1v) is 9.46. The van der Waals surface area contributed by atoms with Crippen LogP contribution in [0.2, 0.25) is 0 Å². The van der Waals surface area contributed by atoms with E-state index in [1.54, 1.807) is 17.4 Å². The lowest BCUT2D eigenvalue weighted by atomic mass is 10.00. The molecule has 0 saturated heterocycles. The Morgan fingerprint density at radius 3 is 2.78 bits per heavy atom. The van der Waals surface area contributed by atoms with Crippen molar-refractivity contribution in [1.82, 2.24) is 24.5 Å². The Bertz CT molecular complexity index is 1130. The van der Waals surface area contributed by atoms with Crippen LogP contribution in [0.5, 0.6) is 0 Å². The van der Waals surface area contributed by atoms with Crippen LogP contribution >= 0.6 is 23.7 Å². The Kier molecular flexibility index (Phi) is 4.82. The number of H-pyrrole nitrogens is 1. The van der Waals surface area contributed by atoms with Crippen LogP contribution in [-0.4, -0.2) is 31.0 Å². The van der Waals surface area contributed by atoms with E-state index in [1.807, 2.05) is 17.5 Å². The van der Waals surface area contributed by atoms with Gasteiger partial charge in [0.1, 0.15) is 0 Å². The minimum Gasteiger partial charge on any atom is -0.293 e. The maximum absolute atomic E-state index is 12.5. The average Bonchev–Trinajstić information content (AvgIpc) is 3.31. The molecule has 138 valence electrons. The Balaban J connectivity index is 0.00000180. The van der Waals surface area contributed by atoms with Gasteiger partial charge in [0.2, 0.25) is 0 Å². The maximum atomic E-state index is 12.5. The molecule has 27 heavy (non-hydrogen) atoms. The molecule has 0 radical (unpaired) electrons.